The van der Waals surface area contributed by atoms with Crippen molar-refractivity contribution in [1.29, 1.82) is 0 Å². The van der Waals surface area contributed by atoms with Crippen molar-refractivity contribution in [3.8, 4) is 11.1 Å². The maximum Gasteiger partial charge on any atom is 0.407 e. The number of fused-ring (bicyclic) bond motifs is 2. The predicted molar refractivity (Wildman–Crippen MR) is 134 cm³/mol. The van der Waals surface area contributed by atoms with Crippen LogP contribution in [0.25, 0.3) is 17.2 Å². The Hall–Kier alpha value is -3.22. The van der Waals surface area contributed by atoms with E-state index in [0.29, 0.717) is 18.4 Å². The summed E-state index contributed by atoms with van der Waals surface area (Å²) >= 11 is 0. The van der Waals surface area contributed by atoms with Crippen LogP contribution >= 0.6 is 0 Å². The maximum atomic E-state index is 13.6. The number of carbonyl (C=O) groups excluding carboxylic acids is 2. The highest BCUT2D eigenvalue weighted by atomic mass is 19.1. The van der Waals surface area contributed by atoms with Crippen molar-refractivity contribution >= 4 is 18.1 Å². The highest BCUT2D eigenvalue weighted by molar-refractivity contribution is 5.75. The van der Waals surface area contributed by atoms with Gasteiger partial charge < -0.3 is 14.8 Å². The van der Waals surface area contributed by atoms with Crippen LogP contribution in [0.5, 0.6) is 0 Å². The van der Waals surface area contributed by atoms with Gasteiger partial charge in [-0.05, 0) is 87.1 Å². The molecule has 7 atom stereocenters. The molecule has 1 saturated heterocycles. The average Bonchev–Trinajstić information content (AvgIpc) is 3.15. The largest absolute Gasteiger partial charge is 0.462 e. The van der Waals surface area contributed by atoms with Gasteiger partial charge in [0.05, 0.1) is 18.2 Å². The highest BCUT2D eigenvalue weighted by Gasteiger charge is 2.54. The van der Waals surface area contributed by atoms with E-state index in [-0.39, 0.29) is 47.8 Å². The zero-order valence-electron chi connectivity index (χ0n) is 20.7. The second kappa shape index (κ2) is 10.4. The number of rotatable bonds is 5. The molecule has 2 aliphatic carbocycles. The quantitative estimate of drug-likeness (QED) is 0.548. The summed E-state index contributed by atoms with van der Waals surface area (Å²) in [6.45, 7) is 4.15. The average molecular weight is 493 g/mol. The Balaban J connectivity index is 1.34. The lowest BCUT2D eigenvalue weighted by Gasteiger charge is -2.47. The predicted octanol–water partition coefficient (Wildman–Crippen LogP) is 5.63. The molecular weight excluding hydrogens is 459 g/mol. The zero-order valence-corrected chi connectivity index (χ0v) is 20.7. The molecular formula is C29H33FN2O4. The van der Waals surface area contributed by atoms with Gasteiger partial charge in [-0.25, -0.2) is 9.18 Å². The third-order valence-corrected chi connectivity index (χ3v) is 8.18. The van der Waals surface area contributed by atoms with Crippen molar-refractivity contribution in [2.75, 3.05) is 6.61 Å². The fraction of sp³-hybridized carbons (Fsp3) is 0.483. The van der Waals surface area contributed by atoms with Gasteiger partial charge in [0.15, 0.2) is 0 Å². The summed E-state index contributed by atoms with van der Waals surface area (Å²) in [6, 6.07) is 10.4. The summed E-state index contributed by atoms with van der Waals surface area (Å²) < 4.78 is 24.3. The van der Waals surface area contributed by atoms with E-state index >= 15 is 0 Å². The van der Waals surface area contributed by atoms with Crippen LogP contribution in [0.1, 0.15) is 45.2 Å². The van der Waals surface area contributed by atoms with Gasteiger partial charge in [0.1, 0.15) is 11.9 Å². The minimum absolute atomic E-state index is 0.0679. The van der Waals surface area contributed by atoms with Gasteiger partial charge in [-0.15, -0.1) is 0 Å². The van der Waals surface area contributed by atoms with Gasteiger partial charge in [-0.2, -0.15) is 0 Å². The van der Waals surface area contributed by atoms with Gasteiger partial charge in [0.2, 0.25) is 0 Å². The molecule has 1 aliphatic heterocycles. The van der Waals surface area contributed by atoms with Crippen LogP contribution in [0.15, 0.2) is 48.7 Å². The number of alkyl carbamates (subject to hydrolysis) is 1. The first-order valence-corrected chi connectivity index (χ1v) is 13.0. The number of hydrogen-bond acceptors (Lipinski definition) is 5. The lowest BCUT2D eigenvalue weighted by molar-refractivity contribution is -0.144. The Kier molecular flexibility index (Phi) is 7.08. The second-order valence-corrected chi connectivity index (χ2v) is 10.3. The standard InChI is InChI=1S/C29H33FN2O4/c1-3-35-29(34)32-23-10-11-24-20(14-23)15-26-27(17(2)36-28(26)33)25(24)12-9-22-8-7-19(16-31-22)18-5-4-6-21(30)13-18/h4-9,12-13,16-17,20,23-27H,3,10-11,14-15H2,1-2H3,(H,32,34)/b12-9+/t17-,20-,23-,24+,25-,26+,27+/m1/s1. The molecule has 1 amide bonds. The topological polar surface area (TPSA) is 77.5 Å². The van der Waals surface area contributed by atoms with Crippen LogP contribution < -0.4 is 5.32 Å². The molecule has 0 radical (unpaired) electrons. The van der Waals surface area contributed by atoms with Gasteiger partial charge >= 0.3 is 12.1 Å². The molecule has 190 valence electrons. The molecule has 3 aliphatic rings. The summed E-state index contributed by atoms with van der Waals surface area (Å²) in [7, 11) is 0. The Morgan fingerprint density at radius 2 is 2.08 bits per heavy atom. The first kappa shape index (κ1) is 24.5. The summed E-state index contributed by atoms with van der Waals surface area (Å²) in [5, 5.41) is 3.00. The van der Waals surface area contributed by atoms with E-state index in [9.17, 15) is 14.0 Å². The number of aromatic nitrogens is 1. The molecule has 3 fully saturated rings. The fourth-order valence-electron chi connectivity index (χ4n) is 6.64. The van der Waals surface area contributed by atoms with Crippen molar-refractivity contribution in [3.05, 3.63) is 60.2 Å². The lowest BCUT2D eigenvalue weighted by atomic mass is 9.57. The van der Waals surface area contributed by atoms with E-state index in [0.717, 1.165) is 42.5 Å². The minimum atomic E-state index is -0.368. The molecule has 2 aromatic rings. The van der Waals surface area contributed by atoms with Crippen LogP contribution in [-0.4, -0.2) is 35.8 Å². The van der Waals surface area contributed by atoms with E-state index in [2.05, 4.69) is 16.4 Å². The zero-order chi connectivity index (χ0) is 25.2. The molecule has 2 saturated carbocycles. The van der Waals surface area contributed by atoms with Crippen LogP contribution in [0.3, 0.4) is 0 Å². The number of esters is 1. The minimum Gasteiger partial charge on any atom is -0.462 e. The van der Waals surface area contributed by atoms with Crippen LogP contribution in [0, 0.1) is 35.4 Å². The molecule has 2 heterocycles. The number of pyridine rings is 1. The Labute approximate surface area is 211 Å². The Bertz CT molecular complexity index is 1130. The molecule has 1 N–H and O–H groups in total. The molecule has 5 rings (SSSR count). The van der Waals surface area contributed by atoms with Crippen LogP contribution in [0.4, 0.5) is 9.18 Å². The monoisotopic (exact) mass is 492 g/mol. The van der Waals surface area contributed by atoms with Crippen LogP contribution in [0.2, 0.25) is 0 Å². The number of carbonyl (C=O) groups is 2. The molecule has 0 spiro atoms. The van der Waals surface area contributed by atoms with E-state index in [1.54, 1.807) is 19.2 Å². The molecule has 0 unspecified atom stereocenters. The molecule has 36 heavy (non-hydrogen) atoms. The fourth-order valence-corrected chi connectivity index (χ4v) is 6.64. The van der Waals surface area contributed by atoms with E-state index in [1.165, 1.54) is 12.1 Å². The summed E-state index contributed by atoms with van der Waals surface area (Å²) in [4.78, 5) is 29.2. The number of halogens is 1. The molecule has 7 heteroatoms. The lowest BCUT2D eigenvalue weighted by Crippen LogP contribution is -2.48. The normalized spacial score (nSPS) is 31.4. The molecule has 1 aromatic carbocycles. The van der Waals surface area contributed by atoms with E-state index in [4.69, 9.17) is 9.47 Å². The summed E-state index contributed by atoms with van der Waals surface area (Å²) in [5.41, 5.74) is 2.48. The molecule has 0 bridgehead atoms. The Morgan fingerprint density at radius 1 is 1.22 bits per heavy atom. The van der Waals surface area contributed by atoms with Gasteiger partial charge in [0.25, 0.3) is 0 Å². The second-order valence-electron chi connectivity index (χ2n) is 10.3. The number of amides is 1. The summed E-state index contributed by atoms with van der Waals surface area (Å²) in [6.07, 6.45) is 9.07. The van der Waals surface area contributed by atoms with Crippen molar-refractivity contribution in [2.24, 2.45) is 29.6 Å². The number of ether oxygens (including phenoxy) is 2. The SMILES string of the molecule is CCOC(=O)N[C@@H]1CC[C@H]2[C@H](C1)C[C@@H]1C(=O)O[C@H](C)[C@H]1[C@@H]2/C=C/c1ccc(-c2cccc(F)c2)cn1. The van der Waals surface area contributed by atoms with Crippen molar-refractivity contribution in [1.82, 2.24) is 10.3 Å². The van der Waals surface area contributed by atoms with Crippen molar-refractivity contribution < 1.29 is 23.5 Å². The number of nitrogens with zero attached hydrogens (tertiary/aromatic N) is 1. The Morgan fingerprint density at radius 3 is 2.83 bits per heavy atom. The number of allylic oxidation sites excluding steroid dienone is 1. The number of nitrogens with one attached hydrogen (secondary N) is 1. The van der Waals surface area contributed by atoms with Crippen molar-refractivity contribution in [2.45, 2.75) is 51.7 Å². The van der Waals surface area contributed by atoms with Crippen LogP contribution in [-0.2, 0) is 14.3 Å². The van der Waals surface area contributed by atoms with Gasteiger partial charge in [0, 0.05) is 23.7 Å². The first-order valence-electron chi connectivity index (χ1n) is 13.0. The highest BCUT2D eigenvalue weighted by Crippen LogP contribution is 2.53. The molecule has 6 nitrogen and oxygen atoms in total. The third-order valence-electron chi connectivity index (χ3n) is 8.18. The smallest absolute Gasteiger partial charge is 0.407 e. The van der Waals surface area contributed by atoms with E-state index < -0.39 is 0 Å². The maximum absolute atomic E-state index is 13.6. The van der Waals surface area contributed by atoms with Gasteiger partial charge in [-0.3, -0.25) is 9.78 Å². The summed E-state index contributed by atoms with van der Waals surface area (Å²) in [5.74, 6) is 0.629. The van der Waals surface area contributed by atoms with Crippen molar-refractivity contribution in [3.63, 3.8) is 0 Å². The van der Waals surface area contributed by atoms with E-state index in [1.807, 2.05) is 31.2 Å². The third kappa shape index (κ3) is 5.01. The first-order chi connectivity index (χ1) is 17.4. The number of benzene rings is 1. The number of cyclic esters (lactones) is 1. The molecule has 1 aromatic heterocycles. The van der Waals surface area contributed by atoms with Gasteiger partial charge in [-0.1, -0.05) is 24.3 Å². The number of hydrogen-bond donors (Lipinski definition) is 1.